The number of aromatic nitrogens is 2. The zero-order valence-electron chi connectivity index (χ0n) is 11.1. The lowest BCUT2D eigenvalue weighted by Gasteiger charge is -2.05. The molecule has 0 fully saturated rings. The predicted octanol–water partition coefficient (Wildman–Crippen LogP) is 2.05. The number of hydrogen-bond donors (Lipinski definition) is 1. The first kappa shape index (κ1) is 13.3. The zero-order chi connectivity index (χ0) is 13.7. The van der Waals surface area contributed by atoms with E-state index in [1.165, 1.54) is 0 Å². The molecule has 0 aliphatic carbocycles. The Morgan fingerprint density at radius 1 is 1.26 bits per heavy atom. The largest absolute Gasteiger partial charge is 0.420 e. The van der Waals surface area contributed by atoms with Crippen LogP contribution in [0.5, 0.6) is 0 Å². The highest BCUT2D eigenvalue weighted by atomic mass is 16.4. The Bertz CT molecular complexity index is 535. The molecule has 5 nitrogen and oxygen atoms in total. The van der Waals surface area contributed by atoms with Crippen LogP contribution in [0.25, 0.3) is 11.5 Å². The summed E-state index contributed by atoms with van der Waals surface area (Å²) in [4.78, 5) is 11.6. The molecule has 2 rings (SSSR count). The minimum absolute atomic E-state index is 0.100. The van der Waals surface area contributed by atoms with E-state index in [2.05, 4.69) is 15.5 Å². The van der Waals surface area contributed by atoms with E-state index < -0.39 is 0 Å². The molecule has 1 N–H and O–H groups in total. The lowest BCUT2D eigenvalue weighted by molar-refractivity contribution is -0.120. The Morgan fingerprint density at radius 2 is 2.00 bits per heavy atom. The fourth-order valence-electron chi connectivity index (χ4n) is 1.54. The van der Waals surface area contributed by atoms with Crippen LogP contribution in [-0.4, -0.2) is 22.6 Å². The molecular formula is C14H17N3O2. The molecule has 0 atom stereocenters. The molecule has 1 aromatic heterocycles. The van der Waals surface area contributed by atoms with Gasteiger partial charge in [0.15, 0.2) is 0 Å². The third-order valence-electron chi connectivity index (χ3n) is 2.51. The molecule has 0 radical (unpaired) electrons. The topological polar surface area (TPSA) is 68.0 Å². The molecule has 0 aliphatic heterocycles. The van der Waals surface area contributed by atoms with E-state index in [1.54, 1.807) is 0 Å². The molecule has 100 valence electrons. The number of rotatable bonds is 5. The van der Waals surface area contributed by atoms with E-state index in [4.69, 9.17) is 4.42 Å². The van der Waals surface area contributed by atoms with Gasteiger partial charge in [0, 0.05) is 12.1 Å². The predicted molar refractivity (Wildman–Crippen MR) is 71.3 cm³/mol. The summed E-state index contributed by atoms with van der Waals surface area (Å²) in [5.74, 6) is 1.09. The normalized spacial score (nSPS) is 10.7. The van der Waals surface area contributed by atoms with Gasteiger partial charge in [0.25, 0.3) is 0 Å². The number of nitrogens with one attached hydrogen (secondary N) is 1. The molecular weight excluding hydrogens is 242 g/mol. The van der Waals surface area contributed by atoms with Gasteiger partial charge >= 0.3 is 0 Å². The Hall–Kier alpha value is -2.17. The van der Waals surface area contributed by atoms with Gasteiger partial charge < -0.3 is 9.73 Å². The number of benzene rings is 1. The maximum Gasteiger partial charge on any atom is 0.247 e. The summed E-state index contributed by atoms with van der Waals surface area (Å²) < 4.78 is 5.46. The molecule has 19 heavy (non-hydrogen) atoms. The van der Waals surface area contributed by atoms with Crippen molar-refractivity contribution in [3.05, 3.63) is 36.2 Å². The molecule has 0 unspecified atom stereocenters. The van der Waals surface area contributed by atoms with Crippen molar-refractivity contribution >= 4 is 5.91 Å². The van der Waals surface area contributed by atoms with E-state index >= 15 is 0 Å². The number of amides is 1. The van der Waals surface area contributed by atoms with Crippen LogP contribution in [0.1, 0.15) is 19.7 Å². The summed E-state index contributed by atoms with van der Waals surface area (Å²) in [5.41, 5.74) is 0.851. The standard InChI is InChI=1S/C14H17N3O2/c1-10(2)9-15-12(18)8-13-16-17-14(19-13)11-6-4-3-5-7-11/h3-7,10H,8-9H2,1-2H3,(H,15,18). The Kier molecular flexibility index (Phi) is 4.28. The Labute approximate surface area is 112 Å². The highest BCUT2D eigenvalue weighted by Gasteiger charge is 2.12. The second-order valence-corrected chi connectivity index (χ2v) is 4.74. The summed E-state index contributed by atoms with van der Waals surface area (Å²) in [6, 6.07) is 9.48. The Balaban J connectivity index is 1.96. The lowest BCUT2D eigenvalue weighted by atomic mass is 10.2. The van der Waals surface area contributed by atoms with Crippen LogP contribution in [0.3, 0.4) is 0 Å². The van der Waals surface area contributed by atoms with Crippen molar-refractivity contribution in [2.45, 2.75) is 20.3 Å². The number of hydrogen-bond acceptors (Lipinski definition) is 4. The van der Waals surface area contributed by atoms with Crippen molar-refractivity contribution in [2.24, 2.45) is 5.92 Å². The summed E-state index contributed by atoms with van der Waals surface area (Å²) in [6.45, 7) is 4.74. The van der Waals surface area contributed by atoms with Gasteiger partial charge in [-0.3, -0.25) is 4.79 Å². The van der Waals surface area contributed by atoms with E-state index in [1.807, 2.05) is 44.2 Å². The maximum atomic E-state index is 11.6. The fraction of sp³-hybridized carbons (Fsp3) is 0.357. The number of carbonyl (C=O) groups is 1. The second kappa shape index (κ2) is 6.13. The minimum atomic E-state index is -0.100. The molecule has 0 aliphatic rings. The summed E-state index contributed by atoms with van der Waals surface area (Å²) in [7, 11) is 0. The molecule has 0 spiro atoms. The first-order valence-electron chi connectivity index (χ1n) is 6.29. The smallest absolute Gasteiger partial charge is 0.247 e. The second-order valence-electron chi connectivity index (χ2n) is 4.74. The van der Waals surface area contributed by atoms with E-state index in [0.29, 0.717) is 24.2 Å². The van der Waals surface area contributed by atoms with Gasteiger partial charge in [-0.1, -0.05) is 32.0 Å². The molecule has 1 heterocycles. The summed E-state index contributed by atoms with van der Waals surface area (Å²) in [6.07, 6.45) is 0.118. The fourth-order valence-corrected chi connectivity index (χ4v) is 1.54. The van der Waals surface area contributed by atoms with Crippen LogP contribution < -0.4 is 5.32 Å². The Morgan fingerprint density at radius 3 is 2.68 bits per heavy atom. The van der Waals surface area contributed by atoms with E-state index in [0.717, 1.165) is 5.56 Å². The average molecular weight is 259 g/mol. The molecule has 0 saturated heterocycles. The van der Waals surface area contributed by atoms with Crippen molar-refractivity contribution in [3.63, 3.8) is 0 Å². The van der Waals surface area contributed by atoms with Gasteiger partial charge in [-0.25, -0.2) is 0 Å². The molecule has 2 aromatic rings. The highest BCUT2D eigenvalue weighted by molar-refractivity contribution is 5.77. The van der Waals surface area contributed by atoms with Crippen molar-refractivity contribution in [3.8, 4) is 11.5 Å². The molecule has 5 heteroatoms. The van der Waals surface area contributed by atoms with Gasteiger partial charge in [-0.05, 0) is 18.1 Å². The van der Waals surface area contributed by atoms with Crippen molar-refractivity contribution in [1.29, 1.82) is 0 Å². The van der Waals surface area contributed by atoms with Crippen LogP contribution >= 0.6 is 0 Å². The van der Waals surface area contributed by atoms with Crippen LogP contribution in [0.4, 0.5) is 0 Å². The summed E-state index contributed by atoms with van der Waals surface area (Å²) in [5, 5.41) is 10.6. The van der Waals surface area contributed by atoms with Gasteiger partial charge in [-0.2, -0.15) is 0 Å². The van der Waals surface area contributed by atoms with E-state index in [9.17, 15) is 4.79 Å². The minimum Gasteiger partial charge on any atom is -0.420 e. The van der Waals surface area contributed by atoms with Crippen LogP contribution in [0.15, 0.2) is 34.7 Å². The highest BCUT2D eigenvalue weighted by Crippen LogP contribution is 2.16. The van der Waals surface area contributed by atoms with Gasteiger partial charge in [-0.15, -0.1) is 10.2 Å². The first-order chi connectivity index (χ1) is 9.15. The molecule has 0 saturated carbocycles. The number of nitrogens with zero attached hydrogens (tertiary/aromatic N) is 2. The third-order valence-corrected chi connectivity index (χ3v) is 2.51. The van der Waals surface area contributed by atoms with E-state index in [-0.39, 0.29) is 12.3 Å². The SMILES string of the molecule is CC(C)CNC(=O)Cc1nnc(-c2ccccc2)o1. The lowest BCUT2D eigenvalue weighted by Crippen LogP contribution is -2.28. The number of carbonyl (C=O) groups excluding carboxylic acids is 1. The van der Waals surface area contributed by atoms with Crippen LogP contribution in [0.2, 0.25) is 0 Å². The quantitative estimate of drug-likeness (QED) is 0.892. The van der Waals surface area contributed by atoms with Crippen molar-refractivity contribution in [1.82, 2.24) is 15.5 Å². The van der Waals surface area contributed by atoms with Gasteiger partial charge in [0.2, 0.25) is 17.7 Å². The van der Waals surface area contributed by atoms with Crippen LogP contribution in [-0.2, 0) is 11.2 Å². The van der Waals surface area contributed by atoms with Crippen LogP contribution in [0, 0.1) is 5.92 Å². The average Bonchev–Trinajstić information content (AvgIpc) is 2.86. The molecule has 1 amide bonds. The van der Waals surface area contributed by atoms with Crippen molar-refractivity contribution in [2.75, 3.05) is 6.54 Å². The molecule has 0 bridgehead atoms. The van der Waals surface area contributed by atoms with Crippen molar-refractivity contribution < 1.29 is 9.21 Å². The summed E-state index contributed by atoms with van der Waals surface area (Å²) >= 11 is 0. The monoisotopic (exact) mass is 259 g/mol. The maximum absolute atomic E-state index is 11.6. The first-order valence-corrected chi connectivity index (χ1v) is 6.29. The van der Waals surface area contributed by atoms with Gasteiger partial charge in [0.05, 0.1) is 0 Å². The zero-order valence-corrected chi connectivity index (χ0v) is 11.1. The van der Waals surface area contributed by atoms with Gasteiger partial charge in [0.1, 0.15) is 6.42 Å². The molecule has 1 aromatic carbocycles. The third kappa shape index (κ3) is 3.91.